The number of aromatic nitrogens is 2. The second-order valence-electron chi connectivity index (χ2n) is 4.28. The van der Waals surface area contributed by atoms with Gasteiger partial charge in [-0.1, -0.05) is 24.3 Å². The minimum Gasteiger partial charge on any atom is -0.481 e. The summed E-state index contributed by atoms with van der Waals surface area (Å²) in [6, 6.07) is 10.1. The quantitative estimate of drug-likeness (QED) is 0.839. The van der Waals surface area contributed by atoms with Gasteiger partial charge in [0.2, 0.25) is 5.88 Å². The minimum atomic E-state index is 0.0681. The number of benzene rings is 1. The van der Waals surface area contributed by atoms with E-state index in [9.17, 15) is 0 Å². The molecule has 2 rings (SSSR count). The molecule has 0 unspecified atom stereocenters. The maximum Gasteiger partial charge on any atom is 0.320 e. The third kappa shape index (κ3) is 3.05. The van der Waals surface area contributed by atoms with Gasteiger partial charge in [0.1, 0.15) is 0 Å². The Kier molecular flexibility index (Phi) is 4.53. The highest BCUT2D eigenvalue weighted by atomic mass is 16.5. The zero-order valence-electron chi connectivity index (χ0n) is 12.1. The molecule has 1 aromatic carbocycles. The molecule has 0 spiro atoms. The van der Waals surface area contributed by atoms with Gasteiger partial charge >= 0.3 is 6.01 Å². The molecule has 106 valence electrons. The maximum absolute atomic E-state index is 5.29. The van der Waals surface area contributed by atoms with Crippen molar-refractivity contribution in [1.82, 2.24) is 9.97 Å². The molecule has 0 aliphatic rings. The lowest BCUT2D eigenvalue weighted by Gasteiger charge is -2.11. The van der Waals surface area contributed by atoms with Crippen molar-refractivity contribution in [2.45, 2.75) is 13.0 Å². The van der Waals surface area contributed by atoms with Crippen molar-refractivity contribution < 1.29 is 14.2 Å². The van der Waals surface area contributed by atoms with E-state index < -0.39 is 0 Å². The van der Waals surface area contributed by atoms with Crippen molar-refractivity contribution in [1.29, 1.82) is 0 Å². The number of ether oxygens (including phenoxy) is 3. The highest BCUT2D eigenvalue weighted by molar-refractivity contribution is 5.60. The van der Waals surface area contributed by atoms with E-state index in [2.05, 4.69) is 9.97 Å². The summed E-state index contributed by atoms with van der Waals surface area (Å²) in [6.45, 7) is 2.01. The van der Waals surface area contributed by atoms with Crippen LogP contribution >= 0.6 is 0 Å². The van der Waals surface area contributed by atoms with E-state index in [-0.39, 0.29) is 12.1 Å². The van der Waals surface area contributed by atoms with Crippen molar-refractivity contribution >= 4 is 0 Å². The molecule has 2 aromatic rings. The first kappa shape index (κ1) is 14.3. The van der Waals surface area contributed by atoms with E-state index in [1.807, 2.05) is 31.2 Å². The van der Waals surface area contributed by atoms with E-state index >= 15 is 0 Å². The van der Waals surface area contributed by atoms with Gasteiger partial charge in [-0.25, -0.2) is 0 Å². The minimum absolute atomic E-state index is 0.0681. The van der Waals surface area contributed by atoms with Crippen LogP contribution in [0, 0.1) is 0 Å². The van der Waals surface area contributed by atoms with Crippen molar-refractivity contribution in [2.75, 3.05) is 21.3 Å². The average Bonchev–Trinajstić information content (AvgIpc) is 2.53. The molecule has 0 N–H and O–H groups in total. The summed E-state index contributed by atoms with van der Waals surface area (Å²) in [4.78, 5) is 8.40. The van der Waals surface area contributed by atoms with Crippen LogP contribution in [0.3, 0.4) is 0 Å². The lowest BCUT2D eigenvalue weighted by Crippen LogP contribution is -1.98. The van der Waals surface area contributed by atoms with Gasteiger partial charge in [-0.3, -0.25) is 0 Å². The van der Waals surface area contributed by atoms with Crippen LogP contribution in [0.15, 0.2) is 30.3 Å². The van der Waals surface area contributed by atoms with Gasteiger partial charge in [0.15, 0.2) is 0 Å². The van der Waals surface area contributed by atoms with Gasteiger partial charge in [0, 0.05) is 18.7 Å². The number of rotatable bonds is 5. The third-order valence-corrected chi connectivity index (χ3v) is 3.10. The second kappa shape index (κ2) is 6.34. The lowest BCUT2D eigenvalue weighted by molar-refractivity contribution is 0.119. The normalized spacial score (nSPS) is 12.0. The Morgan fingerprint density at radius 1 is 0.950 bits per heavy atom. The van der Waals surface area contributed by atoms with E-state index in [0.717, 1.165) is 16.8 Å². The maximum atomic E-state index is 5.29. The Hall–Kier alpha value is -2.14. The fourth-order valence-corrected chi connectivity index (χ4v) is 1.81. The van der Waals surface area contributed by atoms with Gasteiger partial charge in [-0.2, -0.15) is 9.97 Å². The third-order valence-electron chi connectivity index (χ3n) is 3.10. The van der Waals surface area contributed by atoms with Crippen LogP contribution in [0.2, 0.25) is 0 Å². The molecule has 0 bridgehead atoms. The average molecular weight is 274 g/mol. The van der Waals surface area contributed by atoms with E-state index in [1.165, 1.54) is 7.11 Å². The van der Waals surface area contributed by atoms with E-state index in [4.69, 9.17) is 14.2 Å². The van der Waals surface area contributed by atoms with E-state index in [0.29, 0.717) is 5.88 Å². The summed E-state index contributed by atoms with van der Waals surface area (Å²) in [5.41, 5.74) is 2.84. The zero-order valence-corrected chi connectivity index (χ0v) is 12.1. The summed E-state index contributed by atoms with van der Waals surface area (Å²) >= 11 is 0. The predicted octanol–water partition coefficient (Wildman–Crippen LogP) is 2.87. The first-order chi connectivity index (χ1) is 9.67. The predicted molar refractivity (Wildman–Crippen MR) is 76.0 cm³/mol. The highest BCUT2D eigenvalue weighted by Gasteiger charge is 2.09. The van der Waals surface area contributed by atoms with Crippen LogP contribution in [-0.2, 0) is 4.74 Å². The van der Waals surface area contributed by atoms with Gasteiger partial charge in [-0.15, -0.1) is 0 Å². The molecule has 0 amide bonds. The smallest absolute Gasteiger partial charge is 0.320 e. The molecular formula is C15H18N2O3. The topological polar surface area (TPSA) is 53.5 Å². The standard InChI is InChI=1S/C15H18N2O3/c1-10(18-2)11-5-7-12(8-6-11)13-9-14(19-3)17-15(16-13)20-4/h5-10H,1-4H3/t10-/m0/s1. The van der Waals surface area contributed by atoms with Crippen LogP contribution < -0.4 is 9.47 Å². The first-order valence-corrected chi connectivity index (χ1v) is 6.28. The molecule has 0 radical (unpaired) electrons. The van der Waals surface area contributed by atoms with Crippen LogP contribution in [-0.4, -0.2) is 31.3 Å². The SMILES string of the molecule is COc1cc(-c2ccc([C@H](C)OC)cc2)nc(OC)n1. The number of nitrogens with zero attached hydrogens (tertiary/aromatic N) is 2. The summed E-state index contributed by atoms with van der Waals surface area (Å²) in [5, 5.41) is 0. The Bertz CT molecular complexity index is 548. The monoisotopic (exact) mass is 274 g/mol. The Labute approximate surface area is 118 Å². The molecule has 0 aliphatic heterocycles. The van der Waals surface area contributed by atoms with E-state index in [1.54, 1.807) is 20.3 Å². The number of methoxy groups -OCH3 is 3. The van der Waals surface area contributed by atoms with Crippen LogP contribution in [0.25, 0.3) is 11.3 Å². The van der Waals surface area contributed by atoms with Gasteiger partial charge in [-0.05, 0) is 12.5 Å². The first-order valence-electron chi connectivity index (χ1n) is 6.28. The summed E-state index contributed by atoms with van der Waals surface area (Å²) in [7, 11) is 4.79. The van der Waals surface area contributed by atoms with Crippen LogP contribution in [0.4, 0.5) is 0 Å². The van der Waals surface area contributed by atoms with Crippen LogP contribution in [0.5, 0.6) is 11.9 Å². The van der Waals surface area contributed by atoms with Crippen molar-refractivity contribution in [2.24, 2.45) is 0 Å². The van der Waals surface area contributed by atoms with Gasteiger partial charge < -0.3 is 14.2 Å². The lowest BCUT2D eigenvalue weighted by atomic mass is 10.1. The number of hydrogen-bond donors (Lipinski definition) is 0. The molecule has 1 heterocycles. The molecule has 5 heteroatoms. The van der Waals surface area contributed by atoms with Gasteiger partial charge in [0.05, 0.1) is 26.0 Å². The molecule has 1 atom stereocenters. The molecule has 0 saturated heterocycles. The summed E-state index contributed by atoms with van der Waals surface area (Å²) in [6.07, 6.45) is 0.0681. The van der Waals surface area contributed by atoms with Crippen molar-refractivity contribution in [3.05, 3.63) is 35.9 Å². The molecule has 0 aliphatic carbocycles. The Morgan fingerprint density at radius 3 is 2.20 bits per heavy atom. The second-order valence-corrected chi connectivity index (χ2v) is 4.28. The Morgan fingerprint density at radius 2 is 1.65 bits per heavy atom. The summed E-state index contributed by atoms with van der Waals surface area (Å²) in [5.74, 6) is 0.473. The molecule has 1 aromatic heterocycles. The zero-order chi connectivity index (χ0) is 14.5. The highest BCUT2D eigenvalue weighted by Crippen LogP contribution is 2.25. The summed E-state index contributed by atoms with van der Waals surface area (Å²) < 4.78 is 15.5. The van der Waals surface area contributed by atoms with Gasteiger partial charge in [0.25, 0.3) is 0 Å². The number of hydrogen-bond acceptors (Lipinski definition) is 5. The largest absolute Gasteiger partial charge is 0.481 e. The van der Waals surface area contributed by atoms with Crippen molar-refractivity contribution in [3.8, 4) is 23.1 Å². The Balaban J connectivity index is 2.35. The molecule has 20 heavy (non-hydrogen) atoms. The molecule has 0 saturated carbocycles. The van der Waals surface area contributed by atoms with Crippen LogP contribution in [0.1, 0.15) is 18.6 Å². The molecule has 5 nitrogen and oxygen atoms in total. The molecule has 0 fully saturated rings. The molecular weight excluding hydrogens is 256 g/mol. The fraction of sp³-hybridized carbons (Fsp3) is 0.333. The van der Waals surface area contributed by atoms with Crippen molar-refractivity contribution in [3.63, 3.8) is 0 Å². The fourth-order valence-electron chi connectivity index (χ4n) is 1.81.